The normalized spacial score (nSPS) is 12.3. The van der Waals surface area contributed by atoms with E-state index in [4.69, 9.17) is 28.9 Å². The fraction of sp³-hybridized carbons (Fsp3) is 0.294. The molecule has 0 radical (unpaired) electrons. The molecule has 0 fully saturated rings. The minimum Gasteiger partial charge on any atom is -0.396 e. The number of aliphatic hydroxyl groups excluding tert-OH is 1. The zero-order valence-electron chi connectivity index (χ0n) is 12.2. The first-order chi connectivity index (χ1) is 10.6. The van der Waals surface area contributed by atoms with Crippen LogP contribution in [-0.4, -0.2) is 18.2 Å². The van der Waals surface area contributed by atoms with Gasteiger partial charge in [0.15, 0.2) is 0 Å². The van der Waals surface area contributed by atoms with Crippen molar-refractivity contribution in [3.05, 3.63) is 63.6 Å². The van der Waals surface area contributed by atoms with Crippen molar-refractivity contribution in [1.29, 1.82) is 0 Å². The van der Waals surface area contributed by atoms with Crippen LogP contribution in [0.15, 0.2) is 42.5 Å². The number of nitrogen functional groups attached to an aromatic ring is 1. The largest absolute Gasteiger partial charge is 0.396 e. The number of aliphatic hydroxyl groups is 1. The second-order valence-corrected chi connectivity index (χ2v) is 6.02. The lowest BCUT2D eigenvalue weighted by Crippen LogP contribution is -2.23. The lowest BCUT2D eigenvalue weighted by molar-refractivity contribution is 0.175. The van der Waals surface area contributed by atoms with Crippen molar-refractivity contribution < 1.29 is 5.11 Å². The molecule has 1 atom stereocenters. The maximum Gasteiger partial charge on any atom is 0.0915 e. The first kappa shape index (κ1) is 17.1. The molecular weight excluding hydrogens is 319 g/mol. The van der Waals surface area contributed by atoms with Crippen molar-refractivity contribution in [1.82, 2.24) is 5.32 Å². The Kier molecular flexibility index (Phi) is 6.52. The third kappa shape index (κ3) is 4.89. The number of rotatable bonds is 7. The molecule has 22 heavy (non-hydrogen) atoms. The zero-order chi connectivity index (χ0) is 15.9. The van der Waals surface area contributed by atoms with Crippen molar-refractivity contribution >= 4 is 28.9 Å². The van der Waals surface area contributed by atoms with E-state index in [1.165, 1.54) is 5.56 Å². The molecule has 2 rings (SSSR count). The Morgan fingerprint density at radius 2 is 1.73 bits per heavy atom. The molecule has 0 aliphatic carbocycles. The highest BCUT2D eigenvalue weighted by molar-refractivity contribution is 6.38. The van der Waals surface area contributed by atoms with E-state index in [9.17, 15) is 5.11 Å². The van der Waals surface area contributed by atoms with Crippen LogP contribution in [0.25, 0.3) is 0 Å². The molecule has 4 N–H and O–H groups in total. The van der Waals surface area contributed by atoms with Crippen molar-refractivity contribution in [3.63, 3.8) is 0 Å². The van der Waals surface area contributed by atoms with Crippen molar-refractivity contribution in [3.8, 4) is 0 Å². The Morgan fingerprint density at radius 3 is 2.36 bits per heavy atom. The van der Waals surface area contributed by atoms with E-state index in [2.05, 4.69) is 17.4 Å². The van der Waals surface area contributed by atoms with Gasteiger partial charge in [0.05, 0.1) is 21.8 Å². The Bertz CT molecular complexity index is 582. The Balaban J connectivity index is 1.75. The molecule has 0 spiro atoms. The van der Waals surface area contributed by atoms with Crippen molar-refractivity contribution in [2.75, 3.05) is 18.8 Å². The van der Waals surface area contributed by atoms with E-state index in [0.29, 0.717) is 27.8 Å². The smallest absolute Gasteiger partial charge is 0.0915 e. The van der Waals surface area contributed by atoms with Crippen LogP contribution in [0.4, 0.5) is 5.69 Å². The minimum atomic E-state index is -0.660. The first-order valence-corrected chi connectivity index (χ1v) is 8.00. The number of benzene rings is 2. The van der Waals surface area contributed by atoms with E-state index >= 15 is 0 Å². The summed E-state index contributed by atoms with van der Waals surface area (Å²) < 4.78 is 0. The summed E-state index contributed by atoms with van der Waals surface area (Å²) in [5.74, 6) is 0. The van der Waals surface area contributed by atoms with E-state index < -0.39 is 6.10 Å². The summed E-state index contributed by atoms with van der Waals surface area (Å²) in [6.45, 7) is 1.29. The van der Waals surface area contributed by atoms with Crippen molar-refractivity contribution in [2.45, 2.75) is 18.9 Å². The van der Waals surface area contributed by atoms with Crippen LogP contribution in [0, 0.1) is 0 Å². The van der Waals surface area contributed by atoms with Gasteiger partial charge in [-0.15, -0.1) is 0 Å². The van der Waals surface area contributed by atoms with Gasteiger partial charge in [-0.05, 0) is 42.6 Å². The molecule has 3 nitrogen and oxygen atoms in total. The maximum atomic E-state index is 10.2. The van der Waals surface area contributed by atoms with Gasteiger partial charge in [0.1, 0.15) is 0 Å². The maximum absolute atomic E-state index is 10.2. The molecule has 1 unspecified atom stereocenters. The molecule has 118 valence electrons. The highest BCUT2D eigenvalue weighted by Crippen LogP contribution is 2.31. The second kappa shape index (κ2) is 8.39. The van der Waals surface area contributed by atoms with Gasteiger partial charge in [0.25, 0.3) is 0 Å². The molecule has 0 amide bonds. The Hall–Kier alpha value is -1.26. The van der Waals surface area contributed by atoms with E-state index in [1.807, 2.05) is 18.2 Å². The van der Waals surface area contributed by atoms with Gasteiger partial charge < -0.3 is 16.2 Å². The number of hydrogen-bond donors (Lipinski definition) is 3. The fourth-order valence-corrected chi connectivity index (χ4v) is 2.72. The second-order valence-electron chi connectivity index (χ2n) is 5.21. The van der Waals surface area contributed by atoms with Crippen LogP contribution in [0.5, 0.6) is 0 Å². The van der Waals surface area contributed by atoms with Gasteiger partial charge in [-0.3, -0.25) is 0 Å². The van der Waals surface area contributed by atoms with Crippen LogP contribution in [0.3, 0.4) is 0 Å². The quantitative estimate of drug-likeness (QED) is 0.531. The van der Waals surface area contributed by atoms with Gasteiger partial charge in [0, 0.05) is 6.54 Å². The van der Waals surface area contributed by atoms with Gasteiger partial charge in [-0.2, -0.15) is 0 Å². The lowest BCUT2D eigenvalue weighted by Gasteiger charge is -2.14. The Labute approximate surface area is 141 Å². The third-order valence-electron chi connectivity index (χ3n) is 3.49. The average Bonchev–Trinajstić information content (AvgIpc) is 2.52. The highest BCUT2D eigenvalue weighted by Gasteiger charge is 2.11. The predicted molar refractivity (Wildman–Crippen MR) is 93.5 cm³/mol. The monoisotopic (exact) mass is 338 g/mol. The van der Waals surface area contributed by atoms with Gasteiger partial charge in [-0.25, -0.2) is 0 Å². The van der Waals surface area contributed by atoms with E-state index in [0.717, 1.165) is 19.4 Å². The Morgan fingerprint density at radius 1 is 1.09 bits per heavy atom. The number of aryl methyl sites for hydroxylation is 1. The number of nitrogens with two attached hydrogens (primary N) is 1. The molecular formula is C17H20Cl2N2O. The number of nitrogens with one attached hydrogen (secondary N) is 1. The molecule has 0 aromatic heterocycles. The van der Waals surface area contributed by atoms with Crippen LogP contribution in [-0.2, 0) is 6.42 Å². The van der Waals surface area contributed by atoms with Crippen LogP contribution in [0.2, 0.25) is 10.0 Å². The predicted octanol–water partition coefficient (Wildman–Crippen LogP) is 3.83. The molecule has 5 heteroatoms. The van der Waals surface area contributed by atoms with E-state index in [1.54, 1.807) is 12.1 Å². The summed E-state index contributed by atoms with van der Waals surface area (Å²) in [7, 11) is 0. The van der Waals surface area contributed by atoms with E-state index in [-0.39, 0.29) is 0 Å². The van der Waals surface area contributed by atoms with Gasteiger partial charge >= 0.3 is 0 Å². The standard InChI is InChI=1S/C17H20Cl2N2O/c18-14-9-13(10-15(19)17(14)20)16(22)11-21-8-4-7-12-5-2-1-3-6-12/h1-3,5-6,9-10,16,21-22H,4,7-8,11,20H2. The van der Waals surface area contributed by atoms with Gasteiger partial charge in [0.2, 0.25) is 0 Å². The SMILES string of the molecule is Nc1c(Cl)cc(C(O)CNCCCc2ccccc2)cc1Cl. The summed E-state index contributed by atoms with van der Waals surface area (Å²) in [5, 5.41) is 14.1. The summed E-state index contributed by atoms with van der Waals surface area (Å²) in [4.78, 5) is 0. The van der Waals surface area contributed by atoms with Crippen molar-refractivity contribution in [2.24, 2.45) is 0 Å². The minimum absolute atomic E-state index is 0.343. The summed E-state index contributed by atoms with van der Waals surface area (Å²) in [6.07, 6.45) is 1.37. The fourth-order valence-electron chi connectivity index (χ4n) is 2.22. The molecule has 0 saturated heterocycles. The molecule has 2 aromatic rings. The average molecular weight is 339 g/mol. The molecule has 0 heterocycles. The summed E-state index contributed by atoms with van der Waals surface area (Å²) in [5.41, 5.74) is 8.02. The number of anilines is 1. The molecule has 0 aliphatic heterocycles. The van der Waals surface area contributed by atoms with Crippen LogP contribution < -0.4 is 11.1 Å². The molecule has 0 aliphatic rings. The molecule has 2 aromatic carbocycles. The number of halogens is 2. The van der Waals surface area contributed by atoms with Crippen LogP contribution in [0.1, 0.15) is 23.7 Å². The molecule has 0 saturated carbocycles. The summed E-state index contributed by atoms with van der Waals surface area (Å²) in [6, 6.07) is 13.6. The van der Waals surface area contributed by atoms with Crippen LogP contribution >= 0.6 is 23.2 Å². The third-order valence-corrected chi connectivity index (χ3v) is 4.11. The summed E-state index contributed by atoms with van der Waals surface area (Å²) >= 11 is 11.9. The highest BCUT2D eigenvalue weighted by atomic mass is 35.5. The number of hydrogen-bond acceptors (Lipinski definition) is 3. The molecule has 0 bridgehead atoms. The first-order valence-electron chi connectivity index (χ1n) is 7.25. The zero-order valence-corrected chi connectivity index (χ0v) is 13.7. The topological polar surface area (TPSA) is 58.3 Å². The lowest BCUT2D eigenvalue weighted by atomic mass is 10.1. The van der Waals surface area contributed by atoms with Gasteiger partial charge in [-0.1, -0.05) is 53.5 Å².